The molecule has 0 unspecified atom stereocenters. The average molecular weight is 311 g/mol. The van der Waals surface area contributed by atoms with Gasteiger partial charge in [-0.05, 0) is 24.3 Å². The van der Waals surface area contributed by atoms with Crippen LogP contribution in [0.5, 0.6) is 0 Å². The molecule has 6 heteroatoms. The predicted molar refractivity (Wildman–Crippen MR) is 87.7 cm³/mol. The molecule has 1 amide bonds. The quantitative estimate of drug-likeness (QED) is 0.645. The summed E-state index contributed by atoms with van der Waals surface area (Å²) in [6.07, 6.45) is 0. The first-order chi connectivity index (χ1) is 11.1. The van der Waals surface area contributed by atoms with Crippen molar-refractivity contribution in [3.63, 3.8) is 0 Å². The fourth-order valence-electron chi connectivity index (χ4n) is 2.71. The first kappa shape index (κ1) is 15.0. The van der Waals surface area contributed by atoms with Gasteiger partial charge in [0, 0.05) is 49.6 Å². The molecule has 0 atom stereocenters. The van der Waals surface area contributed by atoms with E-state index in [0.29, 0.717) is 18.7 Å². The van der Waals surface area contributed by atoms with Crippen LogP contribution < -0.4 is 4.90 Å². The number of non-ortho nitro benzene ring substituents is 1. The normalized spacial score (nSPS) is 14.6. The van der Waals surface area contributed by atoms with Gasteiger partial charge in [0.05, 0.1) is 4.92 Å². The number of para-hydroxylation sites is 1. The Balaban J connectivity index is 1.63. The molecule has 0 bridgehead atoms. The zero-order valence-corrected chi connectivity index (χ0v) is 12.6. The van der Waals surface area contributed by atoms with Gasteiger partial charge in [-0.2, -0.15) is 0 Å². The molecule has 0 aromatic heterocycles. The maximum absolute atomic E-state index is 12.5. The van der Waals surface area contributed by atoms with Crippen molar-refractivity contribution < 1.29 is 9.72 Å². The summed E-state index contributed by atoms with van der Waals surface area (Å²) in [6, 6.07) is 15.9. The van der Waals surface area contributed by atoms with Gasteiger partial charge in [-0.25, -0.2) is 0 Å². The summed E-state index contributed by atoms with van der Waals surface area (Å²) in [4.78, 5) is 26.7. The number of nitro groups is 1. The number of amides is 1. The molecule has 1 aliphatic rings. The van der Waals surface area contributed by atoms with E-state index in [4.69, 9.17) is 0 Å². The number of piperazine rings is 1. The second kappa shape index (κ2) is 6.48. The van der Waals surface area contributed by atoms with Crippen molar-refractivity contribution in [2.24, 2.45) is 0 Å². The maximum atomic E-state index is 12.5. The lowest BCUT2D eigenvalue weighted by Crippen LogP contribution is -2.48. The van der Waals surface area contributed by atoms with Crippen LogP contribution in [-0.4, -0.2) is 41.9 Å². The van der Waals surface area contributed by atoms with E-state index in [1.54, 1.807) is 4.90 Å². The zero-order chi connectivity index (χ0) is 16.2. The van der Waals surface area contributed by atoms with Crippen LogP contribution in [0, 0.1) is 10.1 Å². The summed E-state index contributed by atoms with van der Waals surface area (Å²) in [5, 5.41) is 10.7. The third-order valence-electron chi connectivity index (χ3n) is 4.01. The SMILES string of the molecule is O=C(c1ccc([N+](=O)[O-])cc1)N1CCN(c2ccccc2)CC1. The molecule has 1 aliphatic heterocycles. The molecular formula is C17H17N3O3. The number of nitrogens with zero attached hydrogens (tertiary/aromatic N) is 3. The number of benzene rings is 2. The van der Waals surface area contributed by atoms with Crippen LogP contribution >= 0.6 is 0 Å². The number of hydrogen-bond donors (Lipinski definition) is 0. The second-order valence-electron chi connectivity index (χ2n) is 5.42. The minimum absolute atomic E-state index is 0.00422. The van der Waals surface area contributed by atoms with E-state index in [2.05, 4.69) is 17.0 Å². The van der Waals surface area contributed by atoms with Crippen LogP contribution in [-0.2, 0) is 0 Å². The summed E-state index contributed by atoms with van der Waals surface area (Å²) in [5.41, 5.74) is 1.65. The lowest BCUT2D eigenvalue weighted by Gasteiger charge is -2.36. The minimum atomic E-state index is -0.465. The third kappa shape index (κ3) is 3.31. The highest BCUT2D eigenvalue weighted by Gasteiger charge is 2.22. The average Bonchev–Trinajstić information content (AvgIpc) is 2.62. The largest absolute Gasteiger partial charge is 0.368 e. The summed E-state index contributed by atoms with van der Waals surface area (Å²) in [7, 11) is 0. The Bertz CT molecular complexity index is 693. The van der Waals surface area contributed by atoms with Crippen molar-refractivity contribution in [1.82, 2.24) is 4.90 Å². The van der Waals surface area contributed by atoms with Crippen LogP contribution in [0.1, 0.15) is 10.4 Å². The van der Waals surface area contributed by atoms with E-state index in [9.17, 15) is 14.9 Å². The molecule has 0 N–H and O–H groups in total. The predicted octanol–water partition coefficient (Wildman–Crippen LogP) is 2.56. The van der Waals surface area contributed by atoms with Crippen molar-refractivity contribution in [1.29, 1.82) is 0 Å². The molecule has 6 nitrogen and oxygen atoms in total. The van der Waals surface area contributed by atoms with Gasteiger partial charge < -0.3 is 9.80 Å². The van der Waals surface area contributed by atoms with E-state index in [1.807, 2.05) is 18.2 Å². The van der Waals surface area contributed by atoms with Crippen molar-refractivity contribution in [3.05, 3.63) is 70.3 Å². The van der Waals surface area contributed by atoms with Crippen molar-refractivity contribution >= 4 is 17.3 Å². The number of hydrogen-bond acceptors (Lipinski definition) is 4. The van der Waals surface area contributed by atoms with Crippen molar-refractivity contribution in [3.8, 4) is 0 Å². The van der Waals surface area contributed by atoms with E-state index in [1.165, 1.54) is 24.3 Å². The van der Waals surface area contributed by atoms with Crippen LogP contribution in [0.2, 0.25) is 0 Å². The summed E-state index contributed by atoms with van der Waals surface area (Å²) >= 11 is 0. The standard InChI is InChI=1S/C17H17N3O3/c21-17(14-6-8-16(9-7-14)20(22)23)19-12-10-18(11-13-19)15-4-2-1-3-5-15/h1-9H,10-13H2. The summed E-state index contributed by atoms with van der Waals surface area (Å²) < 4.78 is 0. The fourth-order valence-corrected chi connectivity index (χ4v) is 2.71. The Kier molecular flexibility index (Phi) is 4.23. The zero-order valence-electron chi connectivity index (χ0n) is 12.6. The number of nitro benzene ring substituents is 1. The van der Waals surface area contributed by atoms with Crippen LogP contribution in [0.4, 0.5) is 11.4 Å². The van der Waals surface area contributed by atoms with Gasteiger partial charge >= 0.3 is 0 Å². The van der Waals surface area contributed by atoms with E-state index >= 15 is 0 Å². The smallest absolute Gasteiger partial charge is 0.269 e. The number of rotatable bonds is 3. The summed E-state index contributed by atoms with van der Waals surface area (Å²) in [5.74, 6) is -0.0763. The summed E-state index contributed by atoms with van der Waals surface area (Å²) in [6.45, 7) is 2.85. The first-order valence-electron chi connectivity index (χ1n) is 7.49. The molecule has 3 rings (SSSR count). The van der Waals surface area contributed by atoms with Gasteiger partial charge in [0.15, 0.2) is 0 Å². The van der Waals surface area contributed by atoms with Gasteiger partial charge in [-0.15, -0.1) is 0 Å². The Morgan fingerprint density at radius 1 is 0.913 bits per heavy atom. The highest BCUT2D eigenvalue weighted by molar-refractivity contribution is 5.94. The van der Waals surface area contributed by atoms with Gasteiger partial charge in [-0.3, -0.25) is 14.9 Å². The minimum Gasteiger partial charge on any atom is -0.368 e. The van der Waals surface area contributed by atoms with Gasteiger partial charge in [0.25, 0.3) is 11.6 Å². The highest BCUT2D eigenvalue weighted by Crippen LogP contribution is 2.18. The lowest BCUT2D eigenvalue weighted by molar-refractivity contribution is -0.384. The van der Waals surface area contributed by atoms with Gasteiger partial charge in [0.1, 0.15) is 0 Å². The first-order valence-corrected chi connectivity index (χ1v) is 7.49. The highest BCUT2D eigenvalue weighted by atomic mass is 16.6. The second-order valence-corrected chi connectivity index (χ2v) is 5.42. The van der Waals surface area contributed by atoms with E-state index in [0.717, 1.165) is 18.8 Å². The van der Waals surface area contributed by atoms with Crippen LogP contribution in [0.25, 0.3) is 0 Å². The molecule has 0 saturated carbocycles. The fraction of sp³-hybridized carbons (Fsp3) is 0.235. The topological polar surface area (TPSA) is 66.7 Å². The molecular weight excluding hydrogens is 294 g/mol. The van der Waals surface area contributed by atoms with E-state index < -0.39 is 4.92 Å². The molecule has 118 valence electrons. The Morgan fingerprint density at radius 3 is 2.09 bits per heavy atom. The van der Waals surface area contributed by atoms with Crippen molar-refractivity contribution in [2.75, 3.05) is 31.1 Å². The van der Waals surface area contributed by atoms with Crippen LogP contribution in [0.3, 0.4) is 0 Å². The Hall–Kier alpha value is -2.89. The number of anilines is 1. The lowest BCUT2D eigenvalue weighted by atomic mass is 10.1. The van der Waals surface area contributed by atoms with Crippen molar-refractivity contribution in [2.45, 2.75) is 0 Å². The third-order valence-corrected chi connectivity index (χ3v) is 4.01. The molecule has 0 spiro atoms. The molecule has 0 aliphatic carbocycles. The van der Waals surface area contributed by atoms with Crippen LogP contribution in [0.15, 0.2) is 54.6 Å². The molecule has 23 heavy (non-hydrogen) atoms. The molecule has 1 saturated heterocycles. The number of carbonyl (C=O) groups excluding carboxylic acids is 1. The van der Waals surface area contributed by atoms with Gasteiger partial charge in [0.2, 0.25) is 0 Å². The molecule has 1 fully saturated rings. The molecule has 0 radical (unpaired) electrons. The molecule has 2 aromatic carbocycles. The van der Waals surface area contributed by atoms with E-state index in [-0.39, 0.29) is 11.6 Å². The number of carbonyl (C=O) groups is 1. The molecule has 1 heterocycles. The van der Waals surface area contributed by atoms with Gasteiger partial charge in [-0.1, -0.05) is 18.2 Å². The molecule has 2 aromatic rings. The Morgan fingerprint density at radius 2 is 1.52 bits per heavy atom. The Labute approximate surface area is 134 Å². The monoisotopic (exact) mass is 311 g/mol. The maximum Gasteiger partial charge on any atom is 0.269 e.